The van der Waals surface area contributed by atoms with Gasteiger partial charge in [-0.25, -0.2) is 0 Å². The summed E-state index contributed by atoms with van der Waals surface area (Å²) in [5, 5.41) is 20.0. The molecule has 0 atom stereocenters. The molecule has 0 aromatic heterocycles. The summed E-state index contributed by atoms with van der Waals surface area (Å²) in [5.41, 5.74) is 1.19. The van der Waals surface area contributed by atoms with Gasteiger partial charge >= 0.3 is 0 Å². The van der Waals surface area contributed by atoms with Gasteiger partial charge in [0.25, 0.3) is 0 Å². The van der Waals surface area contributed by atoms with Gasteiger partial charge in [0.05, 0.1) is 12.1 Å². The number of rotatable bonds is 2. The maximum atomic E-state index is 10.6. The molecule has 1 saturated heterocycles. The molecule has 86 valence electrons. The van der Waals surface area contributed by atoms with Crippen LogP contribution in [0.2, 0.25) is 0 Å². The smallest absolute Gasteiger partial charge is 0.0715 e. The molecule has 0 amide bonds. The van der Waals surface area contributed by atoms with E-state index in [1.54, 1.807) is 24.3 Å². The predicted octanol–water partition coefficient (Wildman–Crippen LogP) is 0.0112. The molecule has 2 rings (SSSR count). The Bertz CT molecular complexity index is 366. The highest BCUT2D eigenvalue weighted by molar-refractivity contribution is 5.86. The van der Waals surface area contributed by atoms with Gasteiger partial charge in [-0.3, -0.25) is 0 Å². The lowest BCUT2D eigenvalue weighted by molar-refractivity contribution is -0.255. The average Bonchev–Trinajstić information content (AvgIpc) is 2.30. The van der Waals surface area contributed by atoms with E-state index in [0.29, 0.717) is 0 Å². The van der Waals surface area contributed by atoms with Crippen molar-refractivity contribution in [3.05, 3.63) is 29.8 Å². The fourth-order valence-electron chi connectivity index (χ4n) is 1.93. The van der Waals surface area contributed by atoms with Crippen molar-refractivity contribution in [3.8, 4) is 0 Å². The van der Waals surface area contributed by atoms with Crippen molar-refractivity contribution in [2.75, 3.05) is 18.0 Å². The van der Waals surface area contributed by atoms with Crippen molar-refractivity contribution in [1.29, 1.82) is 0 Å². The summed E-state index contributed by atoms with van der Waals surface area (Å²) in [4.78, 5) is 12.7. The second kappa shape index (κ2) is 4.53. The highest BCUT2D eigenvalue weighted by Crippen LogP contribution is 2.20. The topological polar surface area (TPSA) is 63.6 Å². The molecule has 1 fully saturated rings. The van der Waals surface area contributed by atoms with Crippen LogP contribution in [0.4, 0.5) is 5.69 Å². The van der Waals surface area contributed by atoms with Gasteiger partial charge in [0.15, 0.2) is 0 Å². The Morgan fingerprint density at radius 2 is 1.81 bits per heavy atom. The van der Waals surface area contributed by atoms with Gasteiger partial charge in [-0.2, -0.15) is 0 Å². The van der Waals surface area contributed by atoms with E-state index in [4.69, 9.17) is 0 Å². The molecule has 1 N–H and O–H groups in total. The summed E-state index contributed by atoms with van der Waals surface area (Å²) in [7, 11) is 0. The number of anilines is 1. The third-order valence-electron chi connectivity index (χ3n) is 2.93. The SMILES string of the molecule is O=C([O-])c1ccc(N2CCC(O)CC2)cc1. The van der Waals surface area contributed by atoms with E-state index >= 15 is 0 Å². The molecule has 1 aliphatic heterocycles. The van der Waals surface area contributed by atoms with Gasteiger partial charge in [-0.05, 0) is 30.5 Å². The first-order valence-electron chi connectivity index (χ1n) is 5.41. The van der Waals surface area contributed by atoms with Crippen molar-refractivity contribution in [2.45, 2.75) is 18.9 Å². The first-order valence-corrected chi connectivity index (χ1v) is 5.41. The highest BCUT2D eigenvalue weighted by Gasteiger charge is 2.16. The van der Waals surface area contributed by atoms with Crippen LogP contribution < -0.4 is 10.0 Å². The van der Waals surface area contributed by atoms with Crippen LogP contribution >= 0.6 is 0 Å². The van der Waals surface area contributed by atoms with Gasteiger partial charge in [0.1, 0.15) is 0 Å². The van der Waals surface area contributed by atoms with E-state index in [-0.39, 0.29) is 11.7 Å². The van der Waals surface area contributed by atoms with Crippen LogP contribution in [0.3, 0.4) is 0 Å². The first kappa shape index (κ1) is 11.0. The van der Waals surface area contributed by atoms with Gasteiger partial charge in [0.2, 0.25) is 0 Å². The van der Waals surface area contributed by atoms with Crippen molar-refractivity contribution in [1.82, 2.24) is 0 Å². The number of carbonyl (C=O) groups excluding carboxylic acids is 1. The van der Waals surface area contributed by atoms with E-state index in [0.717, 1.165) is 31.6 Å². The Balaban J connectivity index is 2.07. The number of aromatic carboxylic acids is 1. The van der Waals surface area contributed by atoms with Crippen LogP contribution in [0.5, 0.6) is 0 Å². The molecule has 16 heavy (non-hydrogen) atoms. The van der Waals surface area contributed by atoms with Gasteiger partial charge in [-0.15, -0.1) is 0 Å². The molecular formula is C12H14NO3-. The zero-order chi connectivity index (χ0) is 11.5. The number of hydrogen-bond donors (Lipinski definition) is 1. The molecular weight excluding hydrogens is 206 g/mol. The van der Waals surface area contributed by atoms with Gasteiger partial charge < -0.3 is 19.9 Å². The van der Waals surface area contributed by atoms with E-state index in [1.165, 1.54) is 0 Å². The number of nitrogens with zero attached hydrogens (tertiary/aromatic N) is 1. The third kappa shape index (κ3) is 2.33. The molecule has 0 saturated carbocycles. The normalized spacial score (nSPS) is 17.4. The van der Waals surface area contributed by atoms with E-state index < -0.39 is 5.97 Å². The van der Waals surface area contributed by atoms with Crippen molar-refractivity contribution < 1.29 is 15.0 Å². The third-order valence-corrected chi connectivity index (χ3v) is 2.93. The molecule has 0 radical (unpaired) electrons. The zero-order valence-electron chi connectivity index (χ0n) is 8.93. The monoisotopic (exact) mass is 220 g/mol. The van der Waals surface area contributed by atoms with Crippen LogP contribution in [0.15, 0.2) is 24.3 Å². The molecule has 0 spiro atoms. The molecule has 0 bridgehead atoms. The van der Waals surface area contributed by atoms with E-state index in [1.807, 2.05) is 0 Å². The highest BCUT2D eigenvalue weighted by atomic mass is 16.4. The molecule has 0 unspecified atom stereocenters. The quantitative estimate of drug-likeness (QED) is 0.762. The Labute approximate surface area is 94.1 Å². The Morgan fingerprint density at radius 1 is 1.25 bits per heavy atom. The number of carboxylic acids is 1. The lowest BCUT2D eigenvalue weighted by atomic mass is 10.1. The van der Waals surface area contributed by atoms with Crippen molar-refractivity contribution >= 4 is 11.7 Å². The fourth-order valence-corrected chi connectivity index (χ4v) is 1.93. The lowest BCUT2D eigenvalue weighted by Gasteiger charge is -2.31. The molecule has 4 nitrogen and oxygen atoms in total. The molecule has 0 aliphatic carbocycles. The minimum absolute atomic E-state index is 0.195. The van der Waals surface area contributed by atoms with E-state index in [9.17, 15) is 15.0 Å². The van der Waals surface area contributed by atoms with Crippen LogP contribution in [-0.2, 0) is 0 Å². The summed E-state index contributed by atoms with van der Waals surface area (Å²) in [6.07, 6.45) is 1.34. The molecule has 1 aliphatic rings. The molecule has 1 heterocycles. The Morgan fingerprint density at radius 3 is 2.31 bits per heavy atom. The Kier molecular flexibility index (Phi) is 3.10. The molecule has 1 aromatic rings. The minimum Gasteiger partial charge on any atom is -0.545 e. The minimum atomic E-state index is -1.15. The maximum absolute atomic E-state index is 10.6. The van der Waals surface area contributed by atoms with Crippen LogP contribution in [-0.4, -0.2) is 30.3 Å². The number of carbonyl (C=O) groups is 1. The number of aliphatic hydroxyl groups is 1. The second-order valence-electron chi connectivity index (χ2n) is 4.05. The lowest BCUT2D eigenvalue weighted by Crippen LogP contribution is -2.35. The van der Waals surface area contributed by atoms with Crippen molar-refractivity contribution in [3.63, 3.8) is 0 Å². The Hall–Kier alpha value is -1.55. The molecule has 4 heteroatoms. The maximum Gasteiger partial charge on any atom is 0.0715 e. The summed E-state index contributed by atoms with van der Waals surface area (Å²) in [6, 6.07) is 6.66. The number of benzene rings is 1. The largest absolute Gasteiger partial charge is 0.545 e. The number of carboxylic acid groups (broad SMARTS) is 1. The summed E-state index contributed by atoms with van der Waals surface area (Å²) in [5.74, 6) is -1.15. The summed E-state index contributed by atoms with van der Waals surface area (Å²) < 4.78 is 0. The summed E-state index contributed by atoms with van der Waals surface area (Å²) in [6.45, 7) is 1.62. The first-order chi connectivity index (χ1) is 7.66. The fraction of sp³-hybridized carbons (Fsp3) is 0.417. The van der Waals surface area contributed by atoms with Crippen LogP contribution in [0, 0.1) is 0 Å². The predicted molar refractivity (Wildman–Crippen MR) is 58.2 cm³/mol. The van der Waals surface area contributed by atoms with E-state index in [2.05, 4.69) is 4.90 Å². The average molecular weight is 220 g/mol. The van der Waals surface area contributed by atoms with Crippen LogP contribution in [0.1, 0.15) is 23.2 Å². The number of aliphatic hydroxyl groups excluding tert-OH is 1. The zero-order valence-corrected chi connectivity index (χ0v) is 8.93. The molecule has 1 aromatic carbocycles. The van der Waals surface area contributed by atoms with Crippen molar-refractivity contribution in [2.24, 2.45) is 0 Å². The number of hydrogen-bond acceptors (Lipinski definition) is 4. The second-order valence-corrected chi connectivity index (χ2v) is 4.05. The van der Waals surface area contributed by atoms with Crippen LogP contribution in [0.25, 0.3) is 0 Å². The number of piperidine rings is 1. The standard InChI is InChI=1S/C12H15NO3/c14-11-5-7-13(8-6-11)10-3-1-9(2-4-10)12(15)16/h1-4,11,14H,5-8H2,(H,15,16)/p-1. The van der Waals surface area contributed by atoms with Gasteiger partial charge in [-0.1, -0.05) is 12.1 Å². The van der Waals surface area contributed by atoms with Gasteiger partial charge in [0, 0.05) is 18.8 Å². The summed E-state index contributed by atoms with van der Waals surface area (Å²) >= 11 is 0.